The Morgan fingerprint density at radius 1 is 1.12 bits per heavy atom. The monoisotopic (exact) mass is 352 g/mol. The lowest BCUT2D eigenvalue weighted by atomic mass is 10.2. The molecule has 2 N–H and O–H groups in total. The van der Waals surface area contributed by atoms with Crippen molar-refractivity contribution in [1.29, 1.82) is 0 Å². The molecule has 0 spiro atoms. The third-order valence-electron chi connectivity index (χ3n) is 3.39. The van der Waals surface area contributed by atoms with Crippen LogP contribution in [-0.4, -0.2) is 21.8 Å². The van der Waals surface area contributed by atoms with Crippen molar-refractivity contribution in [3.8, 4) is 10.4 Å². The van der Waals surface area contributed by atoms with Gasteiger partial charge in [-0.15, -0.1) is 0 Å². The molecule has 2 amide bonds. The van der Waals surface area contributed by atoms with Crippen molar-refractivity contribution in [2.45, 2.75) is 13.8 Å². The van der Waals surface area contributed by atoms with E-state index in [2.05, 4.69) is 20.6 Å². The van der Waals surface area contributed by atoms with Gasteiger partial charge in [-0.2, -0.15) is 0 Å². The molecule has 0 atom stereocenters. The van der Waals surface area contributed by atoms with E-state index < -0.39 is 0 Å². The molecule has 0 saturated heterocycles. The fourth-order valence-corrected chi connectivity index (χ4v) is 3.28. The number of anilines is 2. The van der Waals surface area contributed by atoms with Gasteiger partial charge >= 0.3 is 0 Å². The lowest BCUT2D eigenvalue weighted by molar-refractivity contribution is -0.114. The molecule has 0 radical (unpaired) electrons. The Kier molecular flexibility index (Phi) is 4.85. The molecule has 0 unspecified atom stereocenters. The number of nitrogens with zero attached hydrogens (tertiary/aromatic N) is 2. The molecule has 0 aliphatic carbocycles. The van der Waals surface area contributed by atoms with Gasteiger partial charge in [-0.3, -0.25) is 19.9 Å². The van der Waals surface area contributed by atoms with Crippen LogP contribution in [0.5, 0.6) is 0 Å². The zero-order valence-corrected chi connectivity index (χ0v) is 14.6. The fraction of sp³-hybridized carbons (Fsp3) is 0.111. The zero-order chi connectivity index (χ0) is 17.8. The van der Waals surface area contributed by atoms with Gasteiger partial charge in [0, 0.05) is 36.1 Å². The maximum absolute atomic E-state index is 12.4. The summed E-state index contributed by atoms with van der Waals surface area (Å²) in [5.74, 6) is -0.465. The van der Waals surface area contributed by atoms with Gasteiger partial charge in [0.1, 0.15) is 0 Å². The number of carbonyl (C=O) groups excluding carboxylic acids is 2. The van der Waals surface area contributed by atoms with E-state index in [0.717, 1.165) is 16.1 Å². The lowest BCUT2D eigenvalue weighted by Crippen LogP contribution is -2.13. The van der Waals surface area contributed by atoms with Crippen molar-refractivity contribution < 1.29 is 9.59 Å². The van der Waals surface area contributed by atoms with Crippen LogP contribution in [0.3, 0.4) is 0 Å². The smallest absolute Gasteiger partial charge is 0.257 e. The second-order valence-electron chi connectivity index (χ2n) is 5.39. The average Bonchev–Trinajstić information content (AvgIpc) is 2.95. The molecular formula is C18H16N4O2S. The number of benzene rings is 1. The largest absolute Gasteiger partial charge is 0.326 e. The number of pyridine rings is 1. The number of hydrogen-bond acceptors (Lipinski definition) is 5. The Balaban J connectivity index is 1.79. The van der Waals surface area contributed by atoms with Crippen molar-refractivity contribution in [1.82, 2.24) is 9.97 Å². The van der Waals surface area contributed by atoms with Gasteiger partial charge < -0.3 is 5.32 Å². The van der Waals surface area contributed by atoms with Gasteiger partial charge in [-0.25, -0.2) is 4.98 Å². The highest BCUT2D eigenvalue weighted by Crippen LogP contribution is 2.32. The minimum atomic E-state index is -0.279. The molecule has 3 aromatic rings. The number of amides is 2. The van der Waals surface area contributed by atoms with Crippen LogP contribution in [-0.2, 0) is 4.79 Å². The Labute approximate surface area is 149 Å². The second kappa shape index (κ2) is 7.23. The van der Waals surface area contributed by atoms with E-state index in [9.17, 15) is 9.59 Å². The Bertz CT molecular complexity index is 922. The molecule has 7 heteroatoms. The molecule has 3 rings (SSSR count). The molecule has 0 fully saturated rings. The lowest BCUT2D eigenvalue weighted by Gasteiger charge is -2.05. The summed E-state index contributed by atoms with van der Waals surface area (Å²) in [6.45, 7) is 3.32. The van der Waals surface area contributed by atoms with Gasteiger partial charge in [-0.1, -0.05) is 23.5 Å². The number of aromatic nitrogens is 2. The van der Waals surface area contributed by atoms with Gasteiger partial charge in [0.15, 0.2) is 5.13 Å². The highest BCUT2D eigenvalue weighted by atomic mass is 32.1. The number of nitrogens with one attached hydrogen (secondary N) is 2. The van der Waals surface area contributed by atoms with E-state index in [4.69, 9.17) is 0 Å². The molecule has 0 aliphatic heterocycles. The summed E-state index contributed by atoms with van der Waals surface area (Å²) in [7, 11) is 0. The summed E-state index contributed by atoms with van der Waals surface area (Å²) in [5, 5.41) is 5.98. The maximum Gasteiger partial charge on any atom is 0.257 e. The van der Waals surface area contributed by atoms with Crippen LogP contribution in [0.2, 0.25) is 0 Å². The van der Waals surface area contributed by atoms with E-state index in [-0.39, 0.29) is 11.8 Å². The topological polar surface area (TPSA) is 84.0 Å². The van der Waals surface area contributed by atoms with E-state index >= 15 is 0 Å². The van der Waals surface area contributed by atoms with Crippen LogP contribution < -0.4 is 10.6 Å². The highest BCUT2D eigenvalue weighted by molar-refractivity contribution is 7.19. The third kappa shape index (κ3) is 4.07. The van der Waals surface area contributed by atoms with Crippen LogP contribution in [0.25, 0.3) is 10.4 Å². The highest BCUT2D eigenvalue weighted by Gasteiger charge is 2.13. The summed E-state index contributed by atoms with van der Waals surface area (Å²) in [5.41, 5.74) is 2.82. The molecule has 0 saturated carbocycles. The van der Waals surface area contributed by atoms with Crippen LogP contribution >= 0.6 is 11.3 Å². The van der Waals surface area contributed by atoms with Gasteiger partial charge in [0.05, 0.1) is 10.6 Å². The minimum Gasteiger partial charge on any atom is -0.326 e. The fourth-order valence-electron chi connectivity index (χ4n) is 2.33. The first-order valence-electron chi connectivity index (χ1n) is 7.60. The van der Waals surface area contributed by atoms with Gasteiger partial charge in [0.25, 0.3) is 5.91 Å². The number of aryl methyl sites for hydroxylation is 1. The molecule has 0 bridgehead atoms. The van der Waals surface area contributed by atoms with Crippen molar-refractivity contribution in [3.63, 3.8) is 0 Å². The molecular weight excluding hydrogens is 336 g/mol. The van der Waals surface area contributed by atoms with Crippen molar-refractivity contribution in [2.24, 2.45) is 0 Å². The van der Waals surface area contributed by atoms with Crippen molar-refractivity contribution in [3.05, 3.63) is 60.0 Å². The van der Waals surface area contributed by atoms with Crippen LogP contribution in [0.1, 0.15) is 23.0 Å². The predicted molar refractivity (Wildman–Crippen MR) is 98.8 cm³/mol. The van der Waals surface area contributed by atoms with E-state index in [1.165, 1.54) is 18.3 Å². The first-order valence-corrected chi connectivity index (χ1v) is 8.41. The van der Waals surface area contributed by atoms with E-state index in [1.54, 1.807) is 36.7 Å². The second-order valence-corrected chi connectivity index (χ2v) is 6.39. The first kappa shape index (κ1) is 16.8. The van der Waals surface area contributed by atoms with E-state index in [0.29, 0.717) is 16.4 Å². The number of thiazole rings is 1. The number of carbonyl (C=O) groups is 2. The van der Waals surface area contributed by atoms with Crippen LogP contribution in [0.4, 0.5) is 10.8 Å². The van der Waals surface area contributed by atoms with Crippen LogP contribution in [0.15, 0.2) is 48.8 Å². The Morgan fingerprint density at radius 2 is 1.96 bits per heavy atom. The third-order valence-corrected chi connectivity index (χ3v) is 4.51. The zero-order valence-electron chi connectivity index (χ0n) is 13.7. The molecule has 25 heavy (non-hydrogen) atoms. The summed E-state index contributed by atoms with van der Waals surface area (Å²) < 4.78 is 0. The molecule has 2 aromatic heterocycles. The van der Waals surface area contributed by atoms with Gasteiger partial charge in [0.2, 0.25) is 5.91 Å². The van der Waals surface area contributed by atoms with Gasteiger partial charge in [-0.05, 0) is 31.2 Å². The molecule has 2 heterocycles. The van der Waals surface area contributed by atoms with E-state index in [1.807, 2.05) is 19.1 Å². The summed E-state index contributed by atoms with van der Waals surface area (Å²) in [6, 6.07) is 10.6. The van der Waals surface area contributed by atoms with Crippen molar-refractivity contribution in [2.75, 3.05) is 10.6 Å². The van der Waals surface area contributed by atoms with Crippen LogP contribution in [0, 0.1) is 6.92 Å². The molecule has 1 aromatic carbocycles. The molecule has 126 valence electrons. The van der Waals surface area contributed by atoms with Crippen molar-refractivity contribution >= 4 is 34.0 Å². The summed E-state index contributed by atoms with van der Waals surface area (Å²) >= 11 is 1.40. The standard InChI is InChI=1S/C18H16N4O2S/c1-11-16(14-6-4-8-19-10-14)25-18(20-11)22-17(24)13-5-3-7-15(9-13)21-12(2)23/h3-10H,1-2H3,(H,21,23)(H,20,22,24). The summed E-state index contributed by atoms with van der Waals surface area (Å²) in [4.78, 5) is 33.1. The predicted octanol–water partition coefficient (Wildman–Crippen LogP) is 3.72. The quantitative estimate of drug-likeness (QED) is 0.749. The number of rotatable bonds is 4. The SMILES string of the molecule is CC(=O)Nc1cccc(C(=O)Nc2nc(C)c(-c3cccnc3)s2)c1. The average molecular weight is 352 g/mol. The maximum atomic E-state index is 12.4. The Hall–Kier alpha value is -3.06. The molecule has 6 nitrogen and oxygen atoms in total. The molecule has 0 aliphatic rings. The first-order chi connectivity index (χ1) is 12.0. The summed E-state index contributed by atoms with van der Waals surface area (Å²) in [6.07, 6.45) is 3.48. The minimum absolute atomic E-state index is 0.186. The number of hydrogen-bond donors (Lipinski definition) is 2. The normalized spacial score (nSPS) is 10.3. The Morgan fingerprint density at radius 3 is 2.68 bits per heavy atom.